The second-order valence-corrected chi connectivity index (χ2v) is 6.03. The number of ether oxygens (including phenoxy) is 1. The van der Waals surface area contributed by atoms with Gasteiger partial charge in [0.15, 0.2) is 0 Å². The van der Waals surface area contributed by atoms with Gasteiger partial charge in [-0.2, -0.15) is 0 Å². The van der Waals surface area contributed by atoms with Gasteiger partial charge >= 0.3 is 0 Å². The minimum atomic E-state index is -0.0919. The highest BCUT2D eigenvalue weighted by molar-refractivity contribution is 6.00. The Hall–Kier alpha value is -2.40. The van der Waals surface area contributed by atoms with E-state index in [1.165, 1.54) is 5.56 Å². The Morgan fingerprint density at radius 3 is 3.00 bits per heavy atom. The normalized spacial score (nSPS) is 16.1. The van der Waals surface area contributed by atoms with Crippen molar-refractivity contribution in [3.05, 3.63) is 53.7 Å². The summed E-state index contributed by atoms with van der Waals surface area (Å²) in [5.74, 6) is 0.630. The maximum atomic E-state index is 12.6. The van der Waals surface area contributed by atoms with Crippen LogP contribution < -0.4 is 10.2 Å². The Balaban J connectivity index is 1.86. The quantitative estimate of drug-likeness (QED) is 0.830. The molecule has 24 heavy (non-hydrogen) atoms. The number of rotatable bonds is 6. The van der Waals surface area contributed by atoms with Crippen LogP contribution in [0.3, 0.4) is 0 Å². The predicted octanol–water partition coefficient (Wildman–Crippen LogP) is 2.93. The third-order valence-corrected chi connectivity index (χ3v) is 4.28. The van der Waals surface area contributed by atoms with Gasteiger partial charge in [-0.3, -0.25) is 4.79 Å². The van der Waals surface area contributed by atoms with E-state index in [9.17, 15) is 4.79 Å². The molecule has 1 aromatic heterocycles. The molecule has 0 saturated heterocycles. The molecular formula is C19H23N3O2. The van der Waals surface area contributed by atoms with Crippen LogP contribution in [0.15, 0.2) is 42.6 Å². The van der Waals surface area contributed by atoms with Crippen LogP contribution in [-0.2, 0) is 11.2 Å². The monoisotopic (exact) mass is 325 g/mol. The van der Waals surface area contributed by atoms with E-state index in [1.807, 2.05) is 12.1 Å². The molecular weight excluding hydrogens is 302 g/mol. The summed E-state index contributed by atoms with van der Waals surface area (Å²) in [5.41, 5.74) is 3.04. The maximum Gasteiger partial charge on any atom is 0.255 e. The fraction of sp³-hybridized carbons (Fsp3) is 0.368. The van der Waals surface area contributed by atoms with Crippen molar-refractivity contribution in [2.75, 3.05) is 25.2 Å². The number of hydrogen-bond acceptors (Lipinski definition) is 4. The number of methoxy groups -OCH3 is 1. The lowest BCUT2D eigenvalue weighted by molar-refractivity contribution is 0.0949. The average molecular weight is 325 g/mol. The number of aromatic nitrogens is 1. The molecule has 0 fully saturated rings. The van der Waals surface area contributed by atoms with Crippen molar-refractivity contribution in [2.24, 2.45) is 0 Å². The first-order valence-corrected chi connectivity index (χ1v) is 8.31. The predicted molar refractivity (Wildman–Crippen MR) is 94.8 cm³/mol. The fourth-order valence-corrected chi connectivity index (χ4v) is 3.17. The number of pyridine rings is 1. The van der Waals surface area contributed by atoms with Gasteiger partial charge in [-0.05, 0) is 43.5 Å². The van der Waals surface area contributed by atoms with E-state index in [4.69, 9.17) is 4.74 Å². The zero-order valence-electron chi connectivity index (χ0n) is 14.2. The molecule has 0 spiro atoms. The van der Waals surface area contributed by atoms with Gasteiger partial charge < -0.3 is 15.0 Å². The average Bonchev–Trinajstić information content (AvgIpc) is 2.94. The van der Waals surface area contributed by atoms with E-state index < -0.39 is 0 Å². The second-order valence-electron chi connectivity index (χ2n) is 6.03. The Bertz CT molecular complexity index is 717. The van der Waals surface area contributed by atoms with E-state index in [-0.39, 0.29) is 11.9 Å². The highest BCUT2D eigenvalue weighted by Gasteiger charge is 2.30. The minimum Gasteiger partial charge on any atom is -0.385 e. The van der Waals surface area contributed by atoms with Gasteiger partial charge in [0.25, 0.3) is 5.91 Å². The number of para-hydroxylation sites is 1. The van der Waals surface area contributed by atoms with E-state index >= 15 is 0 Å². The third kappa shape index (κ3) is 3.26. The molecule has 1 aliphatic rings. The number of benzene rings is 1. The van der Waals surface area contributed by atoms with Crippen LogP contribution in [0.2, 0.25) is 0 Å². The van der Waals surface area contributed by atoms with Gasteiger partial charge in [0.2, 0.25) is 0 Å². The first-order valence-electron chi connectivity index (χ1n) is 8.31. The largest absolute Gasteiger partial charge is 0.385 e. The summed E-state index contributed by atoms with van der Waals surface area (Å²) in [6.45, 7) is 3.39. The molecule has 0 aliphatic carbocycles. The van der Waals surface area contributed by atoms with Gasteiger partial charge in [0.1, 0.15) is 5.82 Å². The molecule has 2 heterocycles. The summed E-state index contributed by atoms with van der Waals surface area (Å²) in [7, 11) is 1.66. The zero-order valence-corrected chi connectivity index (χ0v) is 14.2. The highest BCUT2D eigenvalue weighted by Crippen LogP contribution is 2.38. The van der Waals surface area contributed by atoms with Crippen molar-refractivity contribution < 1.29 is 9.53 Å². The van der Waals surface area contributed by atoms with Crippen LogP contribution in [-0.4, -0.2) is 37.2 Å². The van der Waals surface area contributed by atoms with Gasteiger partial charge in [0.05, 0.1) is 5.56 Å². The molecule has 126 valence electrons. The SMILES string of the molecule is COCCCNC(=O)c1cccnc1N1c2ccccc2CC1C. The molecule has 3 rings (SSSR count). The number of fused-ring (bicyclic) bond motifs is 1. The smallest absolute Gasteiger partial charge is 0.255 e. The first-order chi connectivity index (χ1) is 11.7. The van der Waals surface area contributed by atoms with Gasteiger partial charge in [0, 0.05) is 38.2 Å². The summed E-state index contributed by atoms with van der Waals surface area (Å²) in [5, 5.41) is 2.95. The van der Waals surface area contributed by atoms with Crippen LogP contribution in [0.4, 0.5) is 11.5 Å². The molecule has 5 nitrogen and oxygen atoms in total. The fourth-order valence-electron chi connectivity index (χ4n) is 3.17. The molecule has 1 aliphatic heterocycles. The number of carbonyl (C=O) groups excluding carboxylic acids is 1. The molecule has 1 aromatic carbocycles. The molecule has 5 heteroatoms. The Morgan fingerprint density at radius 2 is 2.17 bits per heavy atom. The number of hydrogen-bond donors (Lipinski definition) is 1. The molecule has 1 unspecified atom stereocenters. The van der Waals surface area contributed by atoms with Crippen molar-refractivity contribution in [2.45, 2.75) is 25.8 Å². The van der Waals surface area contributed by atoms with Crippen molar-refractivity contribution in [3.63, 3.8) is 0 Å². The van der Waals surface area contributed by atoms with Gasteiger partial charge in [-0.15, -0.1) is 0 Å². The van der Waals surface area contributed by atoms with Crippen LogP contribution in [0, 0.1) is 0 Å². The molecule has 1 N–H and O–H groups in total. The van der Waals surface area contributed by atoms with Crippen molar-refractivity contribution in [3.8, 4) is 0 Å². The zero-order chi connectivity index (χ0) is 16.9. The van der Waals surface area contributed by atoms with Gasteiger partial charge in [-0.1, -0.05) is 18.2 Å². The summed E-state index contributed by atoms with van der Waals surface area (Å²) in [4.78, 5) is 19.3. The van der Waals surface area contributed by atoms with E-state index in [0.717, 1.165) is 24.3 Å². The number of nitrogens with zero attached hydrogens (tertiary/aromatic N) is 2. The Labute approximate surface area is 142 Å². The molecule has 1 atom stereocenters. The standard InChI is InChI=1S/C19H23N3O2/c1-14-13-15-7-3-4-9-17(15)22(14)18-16(8-5-10-20-18)19(23)21-11-6-12-24-2/h3-5,7-10,14H,6,11-13H2,1-2H3,(H,21,23). The lowest BCUT2D eigenvalue weighted by Gasteiger charge is -2.25. The maximum absolute atomic E-state index is 12.6. The van der Waals surface area contributed by atoms with Crippen LogP contribution >= 0.6 is 0 Å². The van der Waals surface area contributed by atoms with E-state index in [2.05, 4.69) is 40.3 Å². The Morgan fingerprint density at radius 1 is 1.33 bits per heavy atom. The molecule has 1 amide bonds. The Kier molecular flexibility index (Phi) is 5.11. The number of anilines is 2. The van der Waals surface area contributed by atoms with Gasteiger partial charge in [-0.25, -0.2) is 4.98 Å². The van der Waals surface area contributed by atoms with E-state index in [0.29, 0.717) is 18.7 Å². The van der Waals surface area contributed by atoms with Crippen molar-refractivity contribution in [1.29, 1.82) is 0 Å². The number of amides is 1. The highest BCUT2D eigenvalue weighted by atomic mass is 16.5. The van der Waals surface area contributed by atoms with Crippen LogP contribution in [0.1, 0.15) is 29.3 Å². The molecule has 0 saturated carbocycles. The number of carbonyl (C=O) groups is 1. The molecule has 0 radical (unpaired) electrons. The van der Waals surface area contributed by atoms with E-state index in [1.54, 1.807) is 19.4 Å². The summed E-state index contributed by atoms with van der Waals surface area (Å²) >= 11 is 0. The van der Waals surface area contributed by atoms with Crippen LogP contribution in [0.25, 0.3) is 0 Å². The van der Waals surface area contributed by atoms with Crippen molar-refractivity contribution >= 4 is 17.4 Å². The minimum absolute atomic E-state index is 0.0919. The third-order valence-electron chi connectivity index (χ3n) is 4.28. The number of nitrogens with one attached hydrogen (secondary N) is 1. The lowest BCUT2D eigenvalue weighted by atomic mass is 10.1. The summed E-state index contributed by atoms with van der Waals surface area (Å²) in [6.07, 6.45) is 3.49. The lowest BCUT2D eigenvalue weighted by Crippen LogP contribution is -2.30. The summed E-state index contributed by atoms with van der Waals surface area (Å²) in [6, 6.07) is 12.2. The molecule has 0 bridgehead atoms. The topological polar surface area (TPSA) is 54.5 Å². The summed E-state index contributed by atoms with van der Waals surface area (Å²) < 4.78 is 5.02. The first kappa shape index (κ1) is 16.5. The molecule has 2 aromatic rings. The second kappa shape index (κ2) is 7.45. The van der Waals surface area contributed by atoms with Crippen molar-refractivity contribution in [1.82, 2.24) is 10.3 Å². The van der Waals surface area contributed by atoms with Crippen LogP contribution in [0.5, 0.6) is 0 Å².